The van der Waals surface area contributed by atoms with Crippen molar-refractivity contribution < 1.29 is 14.3 Å². The number of carbonyl (C=O) groups is 1. The van der Waals surface area contributed by atoms with Crippen LogP contribution in [0.1, 0.15) is 18.4 Å². The number of methoxy groups -OCH3 is 1. The molecule has 1 aromatic rings. The van der Waals surface area contributed by atoms with Crippen LogP contribution < -0.4 is 5.73 Å². The molecule has 1 unspecified atom stereocenters. The van der Waals surface area contributed by atoms with E-state index in [1.165, 1.54) is 7.11 Å². The van der Waals surface area contributed by atoms with E-state index < -0.39 is 6.04 Å². The minimum Gasteiger partial charge on any atom is -0.383 e. The first-order valence-corrected chi connectivity index (χ1v) is 8.35. The minimum atomic E-state index is -0.589. The van der Waals surface area contributed by atoms with Crippen LogP contribution in [0.3, 0.4) is 0 Å². The van der Waals surface area contributed by atoms with Gasteiger partial charge in [0.25, 0.3) is 0 Å². The number of amides is 1. The second kappa shape index (κ2) is 10.4. The van der Waals surface area contributed by atoms with Crippen LogP contribution in [0.15, 0.2) is 18.2 Å². The molecule has 1 fully saturated rings. The summed E-state index contributed by atoms with van der Waals surface area (Å²) in [6.07, 6.45) is 1.73. The number of hydrogen-bond acceptors (Lipinski definition) is 4. The molecule has 0 saturated carbocycles. The van der Waals surface area contributed by atoms with Gasteiger partial charge < -0.3 is 20.1 Å². The average molecular weight is 398 g/mol. The van der Waals surface area contributed by atoms with E-state index in [9.17, 15) is 4.79 Å². The molecule has 2 rings (SSSR count). The summed E-state index contributed by atoms with van der Waals surface area (Å²) in [7, 11) is 1.54. The number of halogens is 3. The van der Waals surface area contributed by atoms with Gasteiger partial charge in [0.15, 0.2) is 0 Å². The molecule has 0 spiro atoms. The lowest BCUT2D eigenvalue weighted by atomic mass is 10.1. The second-order valence-electron chi connectivity index (χ2n) is 5.65. The van der Waals surface area contributed by atoms with Gasteiger partial charge in [0, 0.05) is 20.2 Å². The van der Waals surface area contributed by atoms with E-state index in [0.29, 0.717) is 29.7 Å². The molecule has 24 heavy (non-hydrogen) atoms. The zero-order valence-electron chi connectivity index (χ0n) is 13.5. The second-order valence-corrected chi connectivity index (χ2v) is 6.46. The van der Waals surface area contributed by atoms with Gasteiger partial charge >= 0.3 is 0 Å². The molecule has 0 aliphatic carbocycles. The molecule has 2 N–H and O–H groups in total. The molecular formula is C16H23Cl3N2O3. The van der Waals surface area contributed by atoms with E-state index in [-0.39, 0.29) is 31.0 Å². The van der Waals surface area contributed by atoms with E-state index in [2.05, 4.69) is 0 Å². The Hall–Kier alpha value is -0.560. The van der Waals surface area contributed by atoms with Crippen molar-refractivity contribution in [3.05, 3.63) is 33.8 Å². The van der Waals surface area contributed by atoms with Crippen molar-refractivity contribution in [3.8, 4) is 0 Å². The van der Waals surface area contributed by atoms with Crippen molar-refractivity contribution in [3.63, 3.8) is 0 Å². The van der Waals surface area contributed by atoms with Gasteiger partial charge in [-0.25, -0.2) is 0 Å². The Morgan fingerprint density at radius 2 is 2.00 bits per heavy atom. The molecule has 1 heterocycles. The predicted octanol–water partition coefficient (Wildman–Crippen LogP) is 2.90. The van der Waals surface area contributed by atoms with Gasteiger partial charge in [-0.15, -0.1) is 12.4 Å². The van der Waals surface area contributed by atoms with Crippen LogP contribution in [0.25, 0.3) is 0 Å². The predicted molar refractivity (Wildman–Crippen MR) is 98.0 cm³/mol. The zero-order chi connectivity index (χ0) is 16.8. The fraction of sp³-hybridized carbons (Fsp3) is 0.562. The third-order valence-corrected chi connectivity index (χ3v) is 4.63. The normalized spacial score (nSPS) is 16.6. The van der Waals surface area contributed by atoms with Crippen LogP contribution in [0.4, 0.5) is 0 Å². The molecule has 1 amide bonds. The number of likely N-dealkylation sites (tertiary alicyclic amines) is 1. The Labute approximate surface area is 158 Å². The van der Waals surface area contributed by atoms with Crippen LogP contribution >= 0.6 is 35.6 Å². The van der Waals surface area contributed by atoms with Crippen molar-refractivity contribution in [2.75, 3.05) is 26.8 Å². The summed E-state index contributed by atoms with van der Waals surface area (Å²) in [6, 6.07) is 4.89. The first-order chi connectivity index (χ1) is 11.0. The van der Waals surface area contributed by atoms with Gasteiger partial charge in [-0.1, -0.05) is 29.3 Å². The van der Waals surface area contributed by atoms with Crippen LogP contribution in [0, 0.1) is 0 Å². The molecule has 1 saturated heterocycles. The first-order valence-electron chi connectivity index (χ1n) is 7.60. The maximum absolute atomic E-state index is 12.1. The highest BCUT2D eigenvalue weighted by molar-refractivity contribution is 6.42. The first kappa shape index (κ1) is 21.5. The van der Waals surface area contributed by atoms with E-state index in [1.807, 2.05) is 12.1 Å². The lowest BCUT2D eigenvalue weighted by Gasteiger charge is -2.33. The largest absolute Gasteiger partial charge is 0.383 e. The topological polar surface area (TPSA) is 64.8 Å². The van der Waals surface area contributed by atoms with Crippen LogP contribution in [-0.2, 0) is 20.9 Å². The number of benzene rings is 1. The van der Waals surface area contributed by atoms with Gasteiger partial charge in [-0.2, -0.15) is 0 Å². The molecule has 8 heteroatoms. The van der Waals surface area contributed by atoms with Gasteiger partial charge in [-0.3, -0.25) is 4.79 Å². The Bertz CT molecular complexity index is 537. The maximum Gasteiger partial charge on any atom is 0.241 e. The number of rotatable bonds is 6. The number of nitrogens with zero attached hydrogens (tertiary/aromatic N) is 1. The standard InChI is InChI=1S/C16H22Cl2N2O3.ClH/c1-22-10-15(19)16(21)20-6-4-12(5-7-20)23-9-11-2-3-13(17)14(18)8-11;/h2-3,8,12,15H,4-7,9-10,19H2,1H3;1H. The van der Waals surface area contributed by atoms with Gasteiger partial charge in [-0.05, 0) is 30.5 Å². The van der Waals surface area contributed by atoms with E-state index in [0.717, 1.165) is 18.4 Å². The summed E-state index contributed by atoms with van der Waals surface area (Å²) in [5.41, 5.74) is 6.77. The Balaban J connectivity index is 0.00000288. The fourth-order valence-corrected chi connectivity index (χ4v) is 2.89. The van der Waals surface area contributed by atoms with E-state index in [1.54, 1.807) is 11.0 Å². The van der Waals surface area contributed by atoms with Crippen molar-refractivity contribution >= 4 is 41.5 Å². The van der Waals surface area contributed by atoms with E-state index >= 15 is 0 Å². The molecule has 0 radical (unpaired) electrons. The summed E-state index contributed by atoms with van der Waals surface area (Å²) in [5.74, 6) is -0.0604. The molecule has 136 valence electrons. The summed E-state index contributed by atoms with van der Waals surface area (Å²) >= 11 is 11.9. The van der Waals surface area contributed by atoms with Gasteiger partial charge in [0.1, 0.15) is 6.04 Å². The molecule has 1 aliphatic heterocycles. The third kappa shape index (κ3) is 6.06. The SMILES string of the molecule is COCC(N)C(=O)N1CCC(OCc2ccc(Cl)c(Cl)c2)CC1.Cl. The quantitative estimate of drug-likeness (QED) is 0.801. The minimum absolute atomic E-state index is 0. The summed E-state index contributed by atoms with van der Waals surface area (Å²) in [6.45, 7) is 2.04. The number of ether oxygens (including phenoxy) is 2. The lowest BCUT2D eigenvalue weighted by molar-refractivity contribution is -0.136. The average Bonchev–Trinajstić information content (AvgIpc) is 2.56. The third-order valence-electron chi connectivity index (χ3n) is 3.89. The Kier molecular flexibility index (Phi) is 9.34. The summed E-state index contributed by atoms with van der Waals surface area (Å²) in [4.78, 5) is 13.9. The smallest absolute Gasteiger partial charge is 0.241 e. The van der Waals surface area contributed by atoms with Crippen LogP contribution in [0.5, 0.6) is 0 Å². The van der Waals surface area contributed by atoms with E-state index in [4.69, 9.17) is 38.4 Å². The number of carbonyl (C=O) groups excluding carboxylic acids is 1. The number of piperidine rings is 1. The van der Waals surface area contributed by atoms with Crippen molar-refractivity contribution in [1.82, 2.24) is 4.90 Å². The van der Waals surface area contributed by atoms with Crippen molar-refractivity contribution in [2.45, 2.75) is 31.6 Å². The molecule has 1 aromatic carbocycles. The molecule has 1 atom stereocenters. The highest BCUT2D eigenvalue weighted by Gasteiger charge is 2.26. The number of hydrogen-bond donors (Lipinski definition) is 1. The Morgan fingerprint density at radius 3 is 2.58 bits per heavy atom. The number of nitrogens with two attached hydrogens (primary N) is 1. The zero-order valence-corrected chi connectivity index (χ0v) is 15.9. The summed E-state index contributed by atoms with van der Waals surface area (Å²) < 4.78 is 10.8. The van der Waals surface area contributed by atoms with Crippen molar-refractivity contribution in [2.24, 2.45) is 5.73 Å². The monoisotopic (exact) mass is 396 g/mol. The molecule has 0 bridgehead atoms. The Morgan fingerprint density at radius 1 is 1.33 bits per heavy atom. The molecule has 5 nitrogen and oxygen atoms in total. The molecule has 1 aliphatic rings. The molecule has 0 aromatic heterocycles. The molecular weight excluding hydrogens is 375 g/mol. The van der Waals surface area contributed by atoms with Crippen LogP contribution in [0.2, 0.25) is 10.0 Å². The van der Waals surface area contributed by atoms with Crippen LogP contribution in [-0.4, -0.2) is 49.8 Å². The van der Waals surface area contributed by atoms with Gasteiger partial charge in [0.05, 0.1) is 29.4 Å². The van der Waals surface area contributed by atoms with Gasteiger partial charge in [0.2, 0.25) is 5.91 Å². The maximum atomic E-state index is 12.1. The lowest BCUT2D eigenvalue weighted by Crippen LogP contribution is -2.49. The fourth-order valence-electron chi connectivity index (χ4n) is 2.57. The summed E-state index contributed by atoms with van der Waals surface area (Å²) in [5, 5.41) is 1.06. The van der Waals surface area contributed by atoms with Crippen molar-refractivity contribution in [1.29, 1.82) is 0 Å². The highest BCUT2D eigenvalue weighted by Crippen LogP contribution is 2.24. The highest BCUT2D eigenvalue weighted by atomic mass is 35.5.